The second-order valence-corrected chi connectivity index (χ2v) is 5.87. The van der Waals surface area contributed by atoms with Crippen LogP contribution in [0.1, 0.15) is 30.4 Å². The Hall–Kier alpha value is -1.37. The first-order valence-corrected chi connectivity index (χ1v) is 7.85. The fraction of sp³-hybridized carbons (Fsp3) is 0.529. The zero-order chi connectivity index (χ0) is 16.3. The van der Waals surface area contributed by atoms with Crippen LogP contribution in [0.2, 0.25) is 0 Å². The Balaban J connectivity index is 1.62. The summed E-state index contributed by atoms with van der Waals surface area (Å²) in [6, 6.07) is 5.79. The van der Waals surface area contributed by atoms with Crippen molar-refractivity contribution < 1.29 is 22.6 Å². The van der Waals surface area contributed by atoms with Gasteiger partial charge in [-0.05, 0) is 42.5 Å². The summed E-state index contributed by atoms with van der Waals surface area (Å²) >= 11 is 0. The van der Waals surface area contributed by atoms with Crippen LogP contribution in [0.3, 0.4) is 0 Å². The van der Waals surface area contributed by atoms with Crippen molar-refractivity contribution in [2.75, 3.05) is 19.8 Å². The van der Waals surface area contributed by atoms with E-state index in [9.17, 15) is 13.2 Å². The highest BCUT2D eigenvalue weighted by molar-refractivity contribution is 5.67. The Morgan fingerprint density at radius 1 is 1.13 bits per heavy atom. The Morgan fingerprint density at radius 3 is 2.65 bits per heavy atom. The first-order valence-electron chi connectivity index (χ1n) is 7.85. The van der Waals surface area contributed by atoms with Crippen molar-refractivity contribution in [2.45, 2.75) is 37.8 Å². The van der Waals surface area contributed by atoms with Gasteiger partial charge in [-0.25, -0.2) is 0 Å². The normalized spacial score (nSPS) is 23.1. The smallest absolute Gasteiger partial charge is 0.350 e. The zero-order valence-electron chi connectivity index (χ0n) is 12.7. The average molecular weight is 327 g/mol. The molecule has 2 aliphatic rings. The molecule has 2 heterocycles. The third-order valence-electron chi connectivity index (χ3n) is 4.22. The van der Waals surface area contributed by atoms with Crippen molar-refractivity contribution in [1.29, 1.82) is 0 Å². The topological polar surface area (TPSA) is 30.5 Å². The van der Waals surface area contributed by atoms with Crippen LogP contribution in [0, 0.1) is 0 Å². The van der Waals surface area contributed by atoms with Gasteiger partial charge in [0, 0.05) is 12.6 Å². The monoisotopic (exact) mass is 327 g/mol. The van der Waals surface area contributed by atoms with E-state index in [1.165, 1.54) is 12.1 Å². The quantitative estimate of drug-likeness (QED) is 0.916. The lowest BCUT2D eigenvalue weighted by Gasteiger charge is -2.25. The summed E-state index contributed by atoms with van der Waals surface area (Å²) in [7, 11) is 0. The van der Waals surface area contributed by atoms with Gasteiger partial charge >= 0.3 is 6.18 Å². The molecular weight excluding hydrogens is 307 g/mol. The van der Waals surface area contributed by atoms with Crippen molar-refractivity contribution in [2.24, 2.45) is 0 Å². The van der Waals surface area contributed by atoms with Gasteiger partial charge in [-0.1, -0.05) is 18.2 Å². The molecule has 0 aliphatic carbocycles. The van der Waals surface area contributed by atoms with Crippen molar-refractivity contribution >= 4 is 5.57 Å². The standard InChI is InChI=1S/C17H20F3NO2/c18-17(19,20)14-3-1-2-12(10-14)13-6-7-21-15(11-13)4-5-16-22-8-9-23-16/h1-3,6,10,15-16,21H,4-5,7-9,11H2. The van der Waals surface area contributed by atoms with Crippen LogP contribution in [0.25, 0.3) is 5.57 Å². The van der Waals surface area contributed by atoms with E-state index in [4.69, 9.17) is 9.47 Å². The maximum Gasteiger partial charge on any atom is 0.416 e. The molecule has 126 valence electrons. The van der Waals surface area contributed by atoms with Gasteiger partial charge in [0.1, 0.15) is 0 Å². The first kappa shape index (κ1) is 16.5. The fourth-order valence-corrected chi connectivity index (χ4v) is 3.02. The largest absolute Gasteiger partial charge is 0.416 e. The zero-order valence-corrected chi connectivity index (χ0v) is 12.7. The number of hydrogen-bond donors (Lipinski definition) is 1. The molecule has 1 unspecified atom stereocenters. The van der Waals surface area contributed by atoms with Crippen molar-refractivity contribution in [3.63, 3.8) is 0 Å². The molecule has 0 aromatic heterocycles. The van der Waals surface area contributed by atoms with Crippen LogP contribution in [0.15, 0.2) is 30.3 Å². The highest BCUT2D eigenvalue weighted by atomic mass is 19.4. The van der Waals surface area contributed by atoms with E-state index in [1.807, 2.05) is 6.08 Å². The number of benzene rings is 1. The van der Waals surface area contributed by atoms with Crippen molar-refractivity contribution in [3.8, 4) is 0 Å². The van der Waals surface area contributed by atoms with Gasteiger partial charge in [0.2, 0.25) is 0 Å². The fourth-order valence-electron chi connectivity index (χ4n) is 3.02. The molecule has 0 spiro atoms. The lowest BCUT2D eigenvalue weighted by atomic mass is 9.92. The second-order valence-electron chi connectivity index (χ2n) is 5.87. The van der Waals surface area contributed by atoms with Gasteiger partial charge in [-0.2, -0.15) is 13.2 Å². The highest BCUT2D eigenvalue weighted by Crippen LogP contribution is 2.32. The van der Waals surface area contributed by atoms with E-state index in [1.54, 1.807) is 6.07 Å². The molecule has 23 heavy (non-hydrogen) atoms. The minimum absolute atomic E-state index is 0.139. The second kappa shape index (κ2) is 7.03. The van der Waals surface area contributed by atoms with Crippen LogP contribution in [0.5, 0.6) is 0 Å². The molecular formula is C17H20F3NO2. The minimum atomic E-state index is -4.31. The van der Waals surface area contributed by atoms with Gasteiger partial charge in [0.15, 0.2) is 6.29 Å². The summed E-state index contributed by atoms with van der Waals surface area (Å²) in [6.45, 7) is 1.94. The molecule has 3 nitrogen and oxygen atoms in total. The summed E-state index contributed by atoms with van der Waals surface area (Å²) in [5.74, 6) is 0. The number of nitrogens with one attached hydrogen (secondary N) is 1. The molecule has 1 N–H and O–H groups in total. The maximum atomic E-state index is 12.8. The summed E-state index contributed by atoms with van der Waals surface area (Å²) in [5.41, 5.74) is 1.02. The first-order chi connectivity index (χ1) is 11.0. The van der Waals surface area contributed by atoms with Crippen LogP contribution >= 0.6 is 0 Å². The number of halogens is 3. The van der Waals surface area contributed by atoms with E-state index in [2.05, 4.69) is 5.32 Å². The third-order valence-corrected chi connectivity index (χ3v) is 4.22. The number of rotatable bonds is 4. The summed E-state index contributed by atoms with van der Waals surface area (Å²) in [5, 5.41) is 3.38. The van der Waals surface area contributed by atoms with E-state index >= 15 is 0 Å². The SMILES string of the molecule is FC(F)(F)c1cccc(C2=CCNC(CCC3OCCO3)C2)c1. The number of alkyl halides is 3. The predicted octanol–water partition coefficient (Wildman–Crippen LogP) is 3.60. The predicted molar refractivity (Wildman–Crippen MR) is 80.8 cm³/mol. The lowest BCUT2D eigenvalue weighted by molar-refractivity contribution is -0.137. The van der Waals surface area contributed by atoms with Gasteiger partial charge < -0.3 is 14.8 Å². The summed E-state index contributed by atoms with van der Waals surface area (Å²) in [6.07, 6.45) is -0.0864. The molecule has 6 heteroatoms. The van der Waals surface area contributed by atoms with E-state index in [0.29, 0.717) is 31.7 Å². The summed E-state index contributed by atoms with van der Waals surface area (Å²) < 4.78 is 49.4. The van der Waals surface area contributed by atoms with Gasteiger partial charge in [0.05, 0.1) is 18.8 Å². The molecule has 1 aromatic rings. The number of ether oxygens (including phenoxy) is 2. The van der Waals surface area contributed by atoms with Crippen LogP contribution < -0.4 is 5.32 Å². The van der Waals surface area contributed by atoms with Crippen LogP contribution in [0.4, 0.5) is 13.2 Å². The van der Waals surface area contributed by atoms with E-state index in [-0.39, 0.29) is 12.3 Å². The maximum absolute atomic E-state index is 12.8. The van der Waals surface area contributed by atoms with Gasteiger partial charge in [0.25, 0.3) is 0 Å². The van der Waals surface area contributed by atoms with Crippen molar-refractivity contribution in [3.05, 3.63) is 41.5 Å². The van der Waals surface area contributed by atoms with Crippen LogP contribution in [-0.4, -0.2) is 32.1 Å². The molecule has 1 saturated heterocycles. The van der Waals surface area contributed by atoms with E-state index in [0.717, 1.165) is 24.5 Å². The summed E-state index contributed by atoms with van der Waals surface area (Å²) in [4.78, 5) is 0. The Kier molecular flexibility index (Phi) is 5.04. The van der Waals surface area contributed by atoms with E-state index < -0.39 is 11.7 Å². The molecule has 3 rings (SSSR count). The average Bonchev–Trinajstić information content (AvgIpc) is 3.06. The third kappa shape index (κ3) is 4.34. The molecule has 0 saturated carbocycles. The van der Waals surface area contributed by atoms with Gasteiger partial charge in [-0.15, -0.1) is 0 Å². The molecule has 0 bridgehead atoms. The minimum Gasteiger partial charge on any atom is -0.350 e. The lowest BCUT2D eigenvalue weighted by Crippen LogP contribution is -2.33. The molecule has 2 aliphatic heterocycles. The molecule has 0 radical (unpaired) electrons. The van der Waals surface area contributed by atoms with Gasteiger partial charge in [-0.3, -0.25) is 0 Å². The molecule has 1 atom stereocenters. The number of hydrogen-bond acceptors (Lipinski definition) is 3. The van der Waals surface area contributed by atoms with Crippen molar-refractivity contribution in [1.82, 2.24) is 5.32 Å². The van der Waals surface area contributed by atoms with Crippen LogP contribution in [-0.2, 0) is 15.7 Å². The Bertz CT molecular complexity index is 565. The molecule has 1 fully saturated rings. The molecule has 0 amide bonds. The highest BCUT2D eigenvalue weighted by Gasteiger charge is 2.31. The Labute approximate surface area is 133 Å². The molecule has 1 aromatic carbocycles. The Morgan fingerprint density at radius 2 is 1.91 bits per heavy atom.